The summed E-state index contributed by atoms with van der Waals surface area (Å²) in [6.45, 7) is 0. The van der Waals surface area contributed by atoms with Crippen LogP contribution in [0.25, 0.3) is 11.0 Å². The number of aromatic amines is 1. The van der Waals surface area contributed by atoms with Gasteiger partial charge in [-0.25, -0.2) is 9.78 Å². The fourth-order valence-electron chi connectivity index (χ4n) is 2.42. The summed E-state index contributed by atoms with van der Waals surface area (Å²) in [4.78, 5) is 17.2. The van der Waals surface area contributed by atoms with Gasteiger partial charge in [0.25, 0.3) is 0 Å². The highest BCUT2D eigenvalue weighted by Gasteiger charge is 2.22. The van der Waals surface area contributed by atoms with Gasteiger partial charge in [-0.1, -0.05) is 30.3 Å². The van der Waals surface area contributed by atoms with Crippen molar-refractivity contribution in [3.8, 4) is 5.75 Å². The van der Waals surface area contributed by atoms with Gasteiger partial charge in [0.1, 0.15) is 5.75 Å². The molecule has 1 heterocycles. The van der Waals surface area contributed by atoms with Crippen molar-refractivity contribution >= 4 is 23.1 Å². The molecule has 1 aromatic heterocycles. The molecule has 1 aliphatic rings. The molecule has 0 spiro atoms. The number of carboxylic acid groups (broad SMARTS) is 1. The summed E-state index contributed by atoms with van der Waals surface area (Å²) in [5, 5.41) is 10.6. The Labute approximate surface area is 139 Å². The standard InChI is InChI=1S/C9H9N3O3.C9H10/c1-15-5-2-3-6-7(4-5)11-8(10-6)12-9(13)14;1-2-4-8(5-3-1)9-6-7-9/h2-4H,1H3,(H,13,14)(H2,10,11,12);1-5,9H,6-7H2. The lowest BCUT2D eigenvalue weighted by Crippen LogP contribution is -2.08. The van der Waals surface area contributed by atoms with Crippen LogP contribution in [0.5, 0.6) is 5.75 Å². The van der Waals surface area contributed by atoms with E-state index in [1.165, 1.54) is 18.4 Å². The monoisotopic (exact) mass is 325 g/mol. The number of fused-ring (bicyclic) bond motifs is 1. The molecule has 1 fully saturated rings. The molecule has 3 aromatic rings. The minimum atomic E-state index is -1.15. The zero-order valence-electron chi connectivity index (χ0n) is 13.3. The fourth-order valence-corrected chi connectivity index (χ4v) is 2.42. The van der Waals surface area contributed by atoms with Crippen LogP contribution in [0.2, 0.25) is 0 Å². The average Bonchev–Trinajstić information content (AvgIpc) is 3.36. The van der Waals surface area contributed by atoms with Gasteiger partial charge in [0.2, 0.25) is 5.95 Å². The molecule has 0 atom stereocenters. The van der Waals surface area contributed by atoms with Gasteiger partial charge in [0.15, 0.2) is 0 Å². The molecule has 1 amide bonds. The Morgan fingerprint density at radius 2 is 2.00 bits per heavy atom. The first-order valence-corrected chi connectivity index (χ1v) is 7.74. The summed E-state index contributed by atoms with van der Waals surface area (Å²) in [6, 6.07) is 16.0. The smallest absolute Gasteiger partial charge is 0.411 e. The molecule has 6 nitrogen and oxygen atoms in total. The zero-order chi connectivity index (χ0) is 16.9. The number of amides is 1. The fraction of sp³-hybridized carbons (Fsp3) is 0.222. The first kappa shape index (κ1) is 15.9. The summed E-state index contributed by atoms with van der Waals surface area (Å²) in [6.07, 6.45) is 1.66. The number of nitrogens with zero attached hydrogens (tertiary/aromatic N) is 1. The van der Waals surface area contributed by atoms with E-state index in [-0.39, 0.29) is 5.95 Å². The number of methoxy groups -OCH3 is 1. The molecule has 4 rings (SSSR count). The summed E-state index contributed by atoms with van der Waals surface area (Å²) in [5.41, 5.74) is 2.93. The van der Waals surface area contributed by atoms with Crippen molar-refractivity contribution < 1.29 is 14.6 Å². The lowest BCUT2D eigenvalue weighted by atomic mass is 10.1. The van der Waals surface area contributed by atoms with Crippen LogP contribution in [0.3, 0.4) is 0 Å². The van der Waals surface area contributed by atoms with E-state index < -0.39 is 6.09 Å². The Bertz CT molecular complexity index is 826. The second-order valence-corrected chi connectivity index (χ2v) is 5.58. The number of ether oxygens (including phenoxy) is 1. The van der Waals surface area contributed by atoms with Crippen molar-refractivity contribution in [1.29, 1.82) is 0 Å². The van der Waals surface area contributed by atoms with Crippen molar-refractivity contribution in [2.45, 2.75) is 18.8 Å². The van der Waals surface area contributed by atoms with Crippen LogP contribution in [-0.2, 0) is 0 Å². The van der Waals surface area contributed by atoms with Crippen LogP contribution in [0, 0.1) is 0 Å². The Kier molecular flexibility index (Phi) is 4.65. The molecule has 0 saturated heterocycles. The van der Waals surface area contributed by atoms with Gasteiger partial charge < -0.3 is 14.8 Å². The SMILES string of the molecule is COc1ccc2nc(NC(=O)O)[nH]c2c1.c1ccc(C2CC2)cc1. The van der Waals surface area contributed by atoms with Gasteiger partial charge in [0, 0.05) is 6.07 Å². The van der Waals surface area contributed by atoms with Crippen molar-refractivity contribution in [1.82, 2.24) is 9.97 Å². The third-order valence-electron chi connectivity index (χ3n) is 3.76. The molecule has 24 heavy (non-hydrogen) atoms. The largest absolute Gasteiger partial charge is 0.497 e. The van der Waals surface area contributed by atoms with Crippen molar-refractivity contribution in [2.75, 3.05) is 12.4 Å². The molecule has 124 valence electrons. The van der Waals surface area contributed by atoms with Gasteiger partial charge in [-0.3, -0.25) is 5.32 Å². The Hall–Kier alpha value is -3.02. The van der Waals surface area contributed by atoms with Gasteiger partial charge in [-0.05, 0) is 36.5 Å². The highest BCUT2D eigenvalue weighted by Crippen LogP contribution is 2.39. The molecule has 1 aliphatic carbocycles. The molecule has 0 aliphatic heterocycles. The van der Waals surface area contributed by atoms with E-state index in [1.54, 1.807) is 25.3 Å². The maximum atomic E-state index is 10.4. The highest BCUT2D eigenvalue weighted by atomic mass is 16.5. The van der Waals surface area contributed by atoms with E-state index in [0.29, 0.717) is 11.3 Å². The van der Waals surface area contributed by atoms with Crippen LogP contribution < -0.4 is 10.1 Å². The van der Waals surface area contributed by atoms with E-state index in [4.69, 9.17) is 9.84 Å². The Morgan fingerprint density at radius 1 is 1.25 bits per heavy atom. The van der Waals surface area contributed by atoms with E-state index in [1.807, 2.05) is 0 Å². The number of benzene rings is 2. The van der Waals surface area contributed by atoms with E-state index in [9.17, 15) is 4.79 Å². The molecule has 3 N–H and O–H groups in total. The summed E-state index contributed by atoms with van der Waals surface area (Å²) >= 11 is 0. The third kappa shape index (κ3) is 4.04. The van der Waals surface area contributed by atoms with Crippen LogP contribution in [0.4, 0.5) is 10.7 Å². The van der Waals surface area contributed by atoms with Crippen LogP contribution in [0.15, 0.2) is 48.5 Å². The minimum Gasteiger partial charge on any atom is -0.497 e. The quantitative estimate of drug-likeness (QED) is 0.672. The second kappa shape index (κ2) is 7.04. The predicted octanol–water partition coefficient (Wildman–Crippen LogP) is 4.23. The third-order valence-corrected chi connectivity index (χ3v) is 3.76. The number of hydrogen-bond donors (Lipinski definition) is 3. The summed E-state index contributed by atoms with van der Waals surface area (Å²) in [5.74, 6) is 1.80. The minimum absolute atomic E-state index is 0.200. The summed E-state index contributed by atoms with van der Waals surface area (Å²) in [7, 11) is 1.56. The number of H-pyrrole nitrogens is 1. The van der Waals surface area contributed by atoms with E-state index >= 15 is 0 Å². The number of nitrogens with one attached hydrogen (secondary N) is 2. The van der Waals surface area contributed by atoms with E-state index in [0.717, 1.165) is 11.4 Å². The number of anilines is 1. The van der Waals surface area contributed by atoms with Gasteiger partial charge in [-0.2, -0.15) is 0 Å². The van der Waals surface area contributed by atoms with E-state index in [2.05, 4.69) is 45.6 Å². The van der Waals surface area contributed by atoms with Crippen molar-refractivity contribution in [2.24, 2.45) is 0 Å². The lowest BCUT2D eigenvalue weighted by molar-refractivity contribution is 0.209. The Morgan fingerprint density at radius 3 is 2.62 bits per heavy atom. The molecule has 0 radical (unpaired) electrons. The first-order chi connectivity index (χ1) is 11.7. The predicted molar refractivity (Wildman–Crippen MR) is 92.7 cm³/mol. The molecule has 6 heteroatoms. The number of hydrogen-bond acceptors (Lipinski definition) is 3. The first-order valence-electron chi connectivity index (χ1n) is 7.74. The highest BCUT2D eigenvalue weighted by molar-refractivity contribution is 5.85. The van der Waals surface area contributed by atoms with Crippen LogP contribution in [-0.4, -0.2) is 28.3 Å². The molecular formula is C18H19N3O3. The number of carbonyl (C=O) groups is 1. The maximum absolute atomic E-state index is 10.4. The van der Waals surface area contributed by atoms with Gasteiger partial charge in [-0.15, -0.1) is 0 Å². The molecule has 2 aromatic carbocycles. The Balaban J connectivity index is 0.000000159. The molecule has 0 unspecified atom stereocenters. The number of aromatic nitrogens is 2. The summed E-state index contributed by atoms with van der Waals surface area (Å²) < 4.78 is 5.03. The van der Waals surface area contributed by atoms with Crippen molar-refractivity contribution in [3.05, 3.63) is 54.1 Å². The molecular weight excluding hydrogens is 306 g/mol. The number of rotatable bonds is 3. The van der Waals surface area contributed by atoms with Gasteiger partial charge in [0.05, 0.1) is 18.1 Å². The molecule has 0 bridgehead atoms. The second-order valence-electron chi connectivity index (χ2n) is 5.58. The topological polar surface area (TPSA) is 87.2 Å². The molecule has 1 saturated carbocycles. The number of imidazole rings is 1. The maximum Gasteiger partial charge on any atom is 0.411 e. The van der Waals surface area contributed by atoms with Crippen molar-refractivity contribution in [3.63, 3.8) is 0 Å². The lowest BCUT2D eigenvalue weighted by Gasteiger charge is -1.96. The normalized spacial score (nSPS) is 13.0. The van der Waals surface area contributed by atoms with Crippen LogP contribution in [0.1, 0.15) is 24.3 Å². The average molecular weight is 325 g/mol. The van der Waals surface area contributed by atoms with Gasteiger partial charge >= 0.3 is 6.09 Å². The van der Waals surface area contributed by atoms with Crippen LogP contribution >= 0.6 is 0 Å². The zero-order valence-corrected chi connectivity index (χ0v) is 13.3.